The predicted molar refractivity (Wildman–Crippen MR) is 90.9 cm³/mol. The molecule has 0 amide bonds. The highest BCUT2D eigenvalue weighted by molar-refractivity contribution is 9.10. The minimum Gasteiger partial charge on any atom is -0.369 e. The van der Waals surface area contributed by atoms with Crippen molar-refractivity contribution in [3.8, 4) is 0 Å². The quantitative estimate of drug-likeness (QED) is 0.823. The van der Waals surface area contributed by atoms with Gasteiger partial charge in [-0.15, -0.1) is 0 Å². The summed E-state index contributed by atoms with van der Waals surface area (Å²) < 4.78 is 1.03. The molecule has 1 aliphatic rings. The Morgan fingerprint density at radius 2 is 1.90 bits per heavy atom. The Kier molecular flexibility index (Phi) is 4.78. The summed E-state index contributed by atoms with van der Waals surface area (Å²) in [6, 6.07) is 12.2. The maximum Gasteiger partial charge on any atom is 0.0544 e. The Bertz CT molecular complexity index is 595. The monoisotopic (exact) mass is 365 g/mol. The second-order valence-electron chi connectivity index (χ2n) is 5.21. The lowest BCUT2D eigenvalue weighted by Gasteiger charge is -2.36. The van der Waals surface area contributed by atoms with E-state index in [0.29, 0.717) is 0 Å². The van der Waals surface area contributed by atoms with E-state index in [9.17, 15) is 0 Å². The van der Waals surface area contributed by atoms with Gasteiger partial charge in [0.15, 0.2) is 0 Å². The fourth-order valence-corrected chi connectivity index (χ4v) is 2.99. The topological polar surface area (TPSA) is 19.4 Å². The summed E-state index contributed by atoms with van der Waals surface area (Å²) >= 11 is 9.48. The van der Waals surface area contributed by atoms with E-state index in [1.165, 1.54) is 5.69 Å². The van der Waals surface area contributed by atoms with Crippen LogP contribution in [0.3, 0.4) is 0 Å². The van der Waals surface area contributed by atoms with Crippen molar-refractivity contribution < 1.29 is 0 Å². The van der Waals surface area contributed by atoms with Crippen LogP contribution in [0.2, 0.25) is 5.02 Å². The average Bonchev–Trinajstić information content (AvgIpc) is 2.50. The molecule has 0 N–H and O–H groups in total. The fraction of sp³-hybridized carbons (Fsp3) is 0.312. The maximum absolute atomic E-state index is 6.06. The van der Waals surface area contributed by atoms with Gasteiger partial charge in [0.1, 0.15) is 0 Å². The molecule has 0 saturated carbocycles. The molecule has 3 rings (SSSR count). The Labute approximate surface area is 138 Å². The minimum atomic E-state index is 0.800. The van der Waals surface area contributed by atoms with Gasteiger partial charge >= 0.3 is 0 Å². The summed E-state index contributed by atoms with van der Waals surface area (Å²) in [5.74, 6) is 0. The average molecular weight is 367 g/mol. The van der Waals surface area contributed by atoms with Crippen LogP contribution in [0.4, 0.5) is 5.69 Å². The molecule has 0 spiro atoms. The van der Waals surface area contributed by atoms with Gasteiger partial charge in [-0.05, 0) is 46.3 Å². The van der Waals surface area contributed by atoms with Crippen LogP contribution in [0, 0.1) is 0 Å². The van der Waals surface area contributed by atoms with Crippen LogP contribution in [0.15, 0.2) is 47.1 Å². The number of halogens is 2. The van der Waals surface area contributed by atoms with Crippen LogP contribution in [0.1, 0.15) is 5.69 Å². The highest BCUT2D eigenvalue weighted by Gasteiger charge is 2.17. The summed E-state index contributed by atoms with van der Waals surface area (Å²) in [5, 5.41) is 0.800. The van der Waals surface area contributed by atoms with E-state index >= 15 is 0 Å². The molecule has 1 fully saturated rings. The molecule has 0 atom stereocenters. The van der Waals surface area contributed by atoms with E-state index in [1.54, 1.807) is 0 Å². The smallest absolute Gasteiger partial charge is 0.0544 e. The van der Waals surface area contributed by atoms with Gasteiger partial charge in [-0.25, -0.2) is 0 Å². The van der Waals surface area contributed by atoms with E-state index in [1.807, 2.05) is 30.5 Å². The largest absolute Gasteiger partial charge is 0.369 e. The molecule has 2 aromatic rings. The van der Waals surface area contributed by atoms with Gasteiger partial charge in [0.25, 0.3) is 0 Å². The lowest BCUT2D eigenvalue weighted by Crippen LogP contribution is -2.46. The third-order valence-electron chi connectivity index (χ3n) is 3.72. The van der Waals surface area contributed by atoms with Crippen molar-refractivity contribution in [3.05, 3.63) is 57.8 Å². The molecular formula is C16H17BrClN3. The molecule has 0 unspecified atom stereocenters. The summed E-state index contributed by atoms with van der Waals surface area (Å²) in [6.07, 6.45) is 1.86. The van der Waals surface area contributed by atoms with Gasteiger partial charge in [-0.3, -0.25) is 9.88 Å². The number of aromatic nitrogens is 1. The summed E-state index contributed by atoms with van der Waals surface area (Å²) in [4.78, 5) is 9.27. The zero-order chi connectivity index (χ0) is 14.7. The van der Waals surface area contributed by atoms with Crippen molar-refractivity contribution in [2.24, 2.45) is 0 Å². The van der Waals surface area contributed by atoms with Crippen LogP contribution >= 0.6 is 27.5 Å². The molecule has 0 aliphatic carbocycles. The first kappa shape index (κ1) is 14.8. The molecule has 0 radical (unpaired) electrons. The molecular weight excluding hydrogens is 350 g/mol. The number of nitrogens with zero attached hydrogens (tertiary/aromatic N) is 3. The van der Waals surface area contributed by atoms with Crippen LogP contribution in [0.5, 0.6) is 0 Å². The van der Waals surface area contributed by atoms with Crippen molar-refractivity contribution in [2.45, 2.75) is 6.54 Å². The number of hydrogen-bond acceptors (Lipinski definition) is 3. The third-order valence-corrected chi connectivity index (χ3v) is 4.42. The van der Waals surface area contributed by atoms with Crippen LogP contribution in [-0.4, -0.2) is 36.1 Å². The van der Waals surface area contributed by atoms with E-state index in [0.717, 1.165) is 47.9 Å². The van der Waals surface area contributed by atoms with Crippen LogP contribution in [-0.2, 0) is 6.54 Å². The first-order valence-electron chi connectivity index (χ1n) is 7.04. The van der Waals surface area contributed by atoms with Crippen LogP contribution in [0.25, 0.3) is 0 Å². The van der Waals surface area contributed by atoms with E-state index in [-0.39, 0.29) is 0 Å². The van der Waals surface area contributed by atoms with E-state index in [4.69, 9.17) is 11.6 Å². The Morgan fingerprint density at radius 3 is 2.57 bits per heavy atom. The van der Waals surface area contributed by atoms with Crippen molar-refractivity contribution in [3.63, 3.8) is 0 Å². The van der Waals surface area contributed by atoms with Crippen molar-refractivity contribution >= 4 is 33.2 Å². The number of pyridine rings is 1. The zero-order valence-electron chi connectivity index (χ0n) is 11.7. The van der Waals surface area contributed by atoms with Crippen LogP contribution < -0.4 is 4.90 Å². The molecule has 110 valence electrons. The molecule has 1 aliphatic heterocycles. The Balaban J connectivity index is 1.56. The Hall–Kier alpha value is -1.10. The van der Waals surface area contributed by atoms with Gasteiger partial charge < -0.3 is 4.90 Å². The molecule has 1 aromatic carbocycles. The van der Waals surface area contributed by atoms with Gasteiger partial charge in [-0.2, -0.15) is 0 Å². The number of anilines is 1. The van der Waals surface area contributed by atoms with Crippen molar-refractivity contribution in [1.29, 1.82) is 0 Å². The molecule has 1 saturated heterocycles. The lowest BCUT2D eigenvalue weighted by atomic mass is 10.2. The third kappa shape index (κ3) is 3.96. The van der Waals surface area contributed by atoms with Crippen molar-refractivity contribution in [1.82, 2.24) is 9.88 Å². The molecule has 2 heterocycles. The maximum atomic E-state index is 6.06. The molecule has 1 aromatic heterocycles. The fourth-order valence-electron chi connectivity index (χ4n) is 2.57. The number of hydrogen-bond donors (Lipinski definition) is 0. The predicted octanol–water partition coefficient (Wildman–Crippen LogP) is 3.82. The number of piperazine rings is 1. The Morgan fingerprint density at radius 1 is 1.10 bits per heavy atom. The van der Waals surface area contributed by atoms with Gasteiger partial charge in [0.05, 0.1) is 5.69 Å². The lowest BCUT2D eigenvalue weighted by molar-refractivity contribution is 0.247. The first-order chi connectivity index (χ1) is 10.2. The summed E-state index contributed by atoms with van der Waals surface area (Å²) in [5.41, 5.74) is 2.33. The normalized spacial score (nSPS) is 16.2. The minimum absolute atomic E-state index is 0.800. The summed E-state index contributed by atoms with van der Waals surface area (Å²) in [6.45, 7) is 5.05. The second kappa shape index (κ2) is 6.77. The summed E-state index contributed by atoms with van der Waals surface area (Å²) in [7, 11) is 0. The highest BCUT2D eigenvalue weighted by Crippen LogP contribution is 2.21. The van der Waals surface area contributed by atoms with Crippen molar-refractivity contribution in [2.75, 3.05) is 31.1 Å². The van der Waals surface area contributed by atoms with Gasteiger partial charge in [-0.1, -0.05) is 17.7 Å². The van der Waals surface area contributed by atoms with E-state index in [2.05, 4.69) is 42.8 Å². The molecule has 21 heavy (non-hydrogen) atoms. The molecule has 5 heteroatoms. The standard InChI is InChI=1S/C16H17BrClN3/c17-13-4-5-15(19-11-13)12-20-6-8-21(9-7-20)16-3-1-2-14(18)10-16/h1-5,10-11H,6-9,12H2. The first-order valence-corrected chi connectivity index (χ1v) is 8.21. The SMILES string of the molecule is Clc1cccc(N2CCN(Cc3ccc(Br)cn3)CC2)c1. The molecule has 3 nitrogen and oxygen atoms in total. The highest BCUT2D eigenvalue weighted by atomic mass is 79.9. The number of rotatable bonds is 3. The zero-order valence-corrected chi connectivity index (χ0v) is 14.0. The second-order valence-corrected chi connectivity index (χ2v) is 6.56. The number of benzene rings is 1. The van der Waals surface area contributed by atoms with Gasteiger partial charge in [0, 0.05) is 54.1 Å². The van der Waals surface area contributed by atoms with E-state index < -0.39 is 0 Å². The molecule has 0 bridgehead atoms. The van der Waals surface area contributed by atoms with Gasteiger partial charge in [0.2, 0.25) is 0 Å².